The Labute approximate surface area is 102 Å². The Morgan fingerprint density at radius 3 is 2.82 bits per heavy atom. The number of aromatic nitrogens is 1. The Balaban J connectivity index is 1.84. The van der Waals surface area contributed by atoms with Gasteiger partial charge in [-0.1, -0.05) is 6.92 Å². The average molecular weight is 229 g/mol. The predicted octanol–water partition coefficient (Wildman–Crippen LogP) is 4.05. The zero-order valence-electron chi connectivity index (χ0n) is 10.3. The summed E-state index contributed by atoms with van der Waals surface area (Å²) in [7, 11) is 0. The molecule has 0 saturated heterocycles. The Bertz CT molecular complexity index is 509. The van der Waals surface area contributed by atoms with Crippen molar-refractivity contribution in [2.24, 2.45) is 0 Å². The number of aryl methyl sites for hydroxylation is 1. The van der Waals surface area contributed by atoms with Crippen LogP contribution >= 0.6 is 0 Å². The zero-order valence-corrected chi connectivity index (χ0v) is 10.3. The second kappa shape index (κ2) is 4.44. The molecule has 1 aliphatic carbocycles. The lowest BCUT2D eigenvalue weighted by Crippen LogP contribution is -2.10. The molecule has 0 bridgehead atoms. The first-order valence-corrected chi connectivity index (χ1v) is 6.63. The van der Waals surface area contributed by atoms with Gasteiger partial charge in [0.05, 0.1) is 6.10 Å². The van der Waals surface area contributed by atoms with Gasteiger partial charge in [0.2, 0.25) is 0 Å². The van der Waals surface area contributed by atoms with Crippen LogP contribution in [-0.4, -0.2) is 11.1 Å². The molecule has 1 saturated carbocycles. The molecule has 0 spiro atoms. The number of nitrogens with one attached hydrogen (secondary N) is 1. The van der Waals surface area contributed by atoms with Crippen molar-refractivity contribution in [1.29, 1.82) is 0 Å². The van der Waals surface area contributed by atoms with Crippen LogP contribution in [0, 0.1) is 0 Å². The first-order valence-electron chi connectivity index (χ1n) is 6.63. The van der Waals surface area contributed by atoms with Crippen LogP contribution in [0.5, 0.6) is 5.75 Å². The van der Waals surface area contributed by atoms with Gasteiger partial charge in [0.1, 0.15) is 5.75 Å². The number of H-pyrrole nitrogens is 1. The van der Waals surface area contributed by atoms with Gasteiger partial charge in [-0.3, -0.25) is 0 Å². The molecule has 2 nitrogen and oxygen atoms in total. The van der Waals surface area contributed by atoms with Gasteiger partial charge in [-0.15, -0.1) is 0 Å². The van der Waals surface area contributed by atoms with E-state index in [0.717, 1.165) is 12.2 Å². The molecule has 1 heterocycles. The van der Waals surface area contributed by atoms with E-state index in [4.69, 9.17) is 4.74 Å². The van der Waals surface area contributed by atoms with Crippen molar-refractivity contribution in [3.63, 3.8) is 0 Å². The molecule has 1 aromatic heterocycles. The van der Waals surface area contributed by atoms with E-state index < -0.39 is 0 Å². The summed E-state index contributed by atoms with van der Waals surface area (Å²) in [5.74, 6) is 1.02. The fourth-order valence-corrected chi connectivity index (χ4v) is 2.63. The van der Waals surface area contributed by atoms with Crippen molar-refractivity contribution in [2.45, 2.75) is 45.1 Å². The number of ether oxygens (including phenoxy) is 1. The SMILES string of the molecule is CCc1cc2cc(OC3CCCC3)ccc2[nH]1. The van der Waals surface area contributed by atoms with Crippen LogP contribution in [0.3, 0.4) is 0 Å². The fraction of sp³-hybridized carbons (Fsp3) is 0.467. The van der Waals surface area contributed by atoms with E-state index in [1.54, 1.807) is 0 Å². The molecule has 0 radical (unpaired) electrons. The summed E-state index contributed by atoms with van der Waals surface area (Å²) < 4.78 is 6.01. The molecule has 90 valence electrons. The average Bonchev–Trinajstić information content (AvgIpc) is 2.96. The van der Waals surface area contributed by atoms with Gasteiger partial charge in [-0.2, -0.15) is 0 Å². The van der Waals surface area contributed by atoms with Crippen LogP contribution in [0.1, 0.15) is 38.3 Å². The number of benzene rings is 1. The number of hydrogen-bond donors (Lipinski definition) is 1. The summed E-state index contributed by atoms with van der Waals surface area (Å²) >= 11 is 0. The maximum Gasteiger partial charge on any atom is 0.120 e. The van der Waals surface area contributed by atoms with E-state index in [-0.39, 0.29) is 0 Å². The highest BCUT2D eigenvalue weighted by Crippen LogP contribution is 2.27. The second-order valence-corrected chi connectivity index (χ2v) is 4.92. The third kappa shape index (κ3) is 2.17. The Kier molecular flexibility index (Phi) is 2.79. The fourth-order valence-electron chi connectivity index (χ4n) is 2.63. The highest BCUT2D eigenvalue weighted by atomic mass is 16.5. The molecule has 0 atom stereocenters. The quantitative estimate of drug-likeness (QED) is 0.843. The number of rotatable bonds is 3. The van der Waals surface area contributed by atoms with Gasteiger partial charge in [0, 0.05) is 16.6 Å². The van der Waals surface area contributed by atoms with Crippen LogP contribution in [0.4, 0.5) is 0 Å². The molecule has 2 aromatic rings. The van der Waals surface area contributed by atoms with Gasteiger partial charge < -0.3 is 9.72 Å². The van der Waals surface area contributed by atoms with E-state index in [0.29, 0.717) is 6.10 Å². The minimum absolute atomic E-state index is 0.442. The molecule has 1 aromatic carbocycles. The Hall–Kier alpha value is -1.44. The van der Waals surface area contributed by atoms with Gasteiger partial charge in [-0.25, -0.2) is 0 Å². The molecule has 1 aliphatic rings. The predicted molar refractivity (Wildman–Crippen MR) is 70.6 cm³/mol. The van der Waals surface area contributed by atoms with Crippen LogP contribution in [0.15, 0.2) is 24.3 Å². The monoisotopic (exact) mass is 229 g/mol. The highest BCUT2D eigenvalue weighted by Gasteiger charge is 2.16. The topological polar surface area (TPSA) is 25.0 Å². The third-order valence-electron chi connectivity index (χ3n) is 3.63. The maximum atomic E-state index is 6.01. The molecular formula is C15H19NO. The first-order chi connectivity index (χ1) is 8.35. The molecule has 0 unspecified atom stereocenters. The zero-order chi connectivity index (χ0) is 11.7. The van der Waals surface area contributed by atoms with E-state index in [1.807, 2.05) is 0 Å². The lowest BCUT2D eigenvalue weighted by molar-refractivity contribution is 0.210. The summed E-state index contributed by atoms with van der Waals surface area (Å²) in [5, 5.41) is 1.26. The number of fused-ring (bicyclic) bond motifs is 1. The Morgan fingerprint density at radius 2 is 2.06 bits per heavy atom. The molecule has 0 aliphatic heterocycles. The summed E-state index contributed by atoms with van der Waals surface area (Å²) in [6.45, 7) is 2.17. The number of hydrogen-bond acceptors (Lipinski definition) is 1. The standard InChI is InChI=1S/C15H19NO/c1-2-12-9-11-10-14(7-8-15(11)16-12)17-13-5-3-4-6-13/h7-10,13,16H,2-6H2,1H3. The van der Waals surface area contributed by atoms with Gasteiger partial charge >= 0.3 is 0 Å². The molecular weight excluding hydrogens is 210 g/mol. The molecule has 2 heteroatoms. The van der Waals surface area contributed by atoms with Crippen molar-refractivity contribution in [3.05, 3.63) is 30.0 Å². The van der Waals surface area contributed by atoms with Crippen molar-refractivity contribution < 1.29 is 4.74 Å². The van der Waals surface area contributed by atoms with Crippen LogP contribution < -0.4 is 4.74 Å². The van der Waals surface area contributed by atoms with E-state index in [2.05, 4.69) is 36.2 Å². The normalized spacial score (nSPS) is 16.8. The summed E-state index contributed by atoms with van der Waals surface area (Å²) in [4.78, 5) is 3.41. The van der Waals surface area contributed by atoms with Crippen molar-refractivity contribution in [3.8, 4) is 5.75 Å². The summed E-state index contributed by atoms with van der Waals surface area (Å²) in [5.41, 5.74) is 2.50. The smallest absolute Gasteiger partial charge is 0.120 e. The molecule has 1 fully saturated rings. The van der Waals surface area contributed by atoms with E-state index in [1.165, 1.54) is 42.3 Å². The minimum atomic E-state index is 0.442. The van der Waals surface area contributed by atoms with Gasteiger partial charge in [0.25, 0.3) is 0 Å². The van der Waals surface area contributed by atoms with Crippen molar-refractivity contribution in [2.75, 3.05) is 0 Å². The largest absolute Gasteiger partial charge is 0.490 e. The van der Waals surface area contributed by atoms with Crippen LogP contribution in [0.2, 0.25) is 0 Å². The lowest BCUT2D eigenvalue weighted by Gasteiger charge is -2.12. The highest BCUT2D eigenvalue weighted by molar-refractivity contribution is 5.81. The van der Waals surface area contributed by atoms with Crippen molar-refractivity contribution in [1.82, 2.24) is 4.98 Å². The summed E-state index contributed by atoms with van der Waals surface area (Å²) in [6.07, 6.45) is 6.55. The molecule has 17 heavy (non-hydrogen) atoms. The number of aromatic amines is 1. The minimum Gasteiger partial charge on any atom is -0.490 e. The van der Waals surface area contributed by atoms with Crippen LogP contribution in [-0.2, 0) is 6.42 Å². The van der Waals surface area contributed by atoms with E-state index in [9.17, 15) is 0 Å². The van der Waals surface area contributed by atoms with Gasteiger partial charge in [0.15, 0.2) is 0 Å². The molecule has 3 rings (SSSR count). The van der Waals surface area contributed by atoms with Crippen LogP contribution in [0.25, 0.3) is 10.9 Å². The maximum absolute atomic E-state index is 6.01. The second-order valence-electron chi connectivity index (χ2n) is 4.92. The molecule has 0 amide bonds. The van der Waals surface area contributed by atoms with Gasteiger partial charge in [-0.05, 0) is 56.4 Å². The summed E-state index contributed by atoms with van der Waals surface area (Å²) in [6, 6.07) is 8.58. The van der Waals surface area contributed by atoms with Crippen molar-refractivity contribution >= 4 is 10.9 Å². The lowest BCUT2D eigenvalue weighted by atomic mass is 10.2. The van der Waals surface area contributed by atoms with E-state index >= 15 is 0 Å². The third-order valence-corrected chi connectivity index (χ3v) is 3.63. The first kappa shape index (κ1) is 10.7. The molecule has 1 N–H and O–H groups in total. The Morgan fingerprint density at radius 1 is 1.24 bits per heavy atom.